The van der Waals surface area contributed by atoms with E-state index in [2.05, 4.69) is 15.3 Å². The third-order valence-electron chi connectivity index (χ3n) is 3.42. The predicted molar refractivity (Wildman–Crippen MR) is 71.1 cm³/mol. The Labute approximate surface area is 111 Å². The second-order valence-corrected chi connectivity index (χ2v) is 4.73. The Kier molecular flexibility index (Phi) is 3.48. The van der Waals surface area contributed by atoms with Crippen LogP contribution in [-0.4, -0.2) is 40.4 Å². The molecule has 1 saturated heterocycles. The molecule has 0 radical (unpaired) electrons. The van der Waals surface area contributed by atoms with Crippen LogP contribution in [0, 0.1) is 0 Å². The summed E-state index contributed by atoms with van der Waals surface area (Å²) in [6.07, 6.45) is 2.78. The molecule has 3 atom stereocenters. The fourth-order valence-electron chi connectivity index (χ4n) is 2.52. The molecule has 1 aromatic heterocycles. The van der Waals surface area contributed by atoms with Crippen LogP contribution in [0.1, 0.15) is 11.6 Å². The van der Waals surface area contributed by atoms with E-state index in [4.69, 9.17) is 4.74 Å². The minimum absolute atomic E-state index is 0.0936. The number of imidazole rings is 1. The lowest BCUT2D eigenvalue weighted by Gasteiger charge is -2.35. The van der Waals surface area contributed by atoms with Crippen molar-refractivity contribution >= 4 is 0 Å². The van der Waals surface area contributed by atoms with Crippen LogP contribution in [0.5, 0.6) is 5.75 Å². The SMILES string of the molecule is OC1CNCC(Oc2ccccc2)C1c1cnc[nH]1. The highest BCUT2D eigenvalue weighted by molar-refractivity contribution is 5.23. The molecule has 0 amide bonds. The number of rotatable bonds is 3. The average molecular weight is 259 g/mol. The molecule has 3 unspecified atom stereocenters. The summed E-state index contributed by atoms with van der Waals surface area (Å²) in [5, 5.41) is 13.4. The third-order valence-corrected chi connectivity index (χ3v) is 3.42. The highest BCUT2D eigenvalue weighted by Gasteiger charge is 2.35. The van der Waals surface area contributed by atoms with Gasteiger partial charge in [-0.25, -0.2) is 4.98 Å². The summed E-state index contributed by atoms with van der Waals surface area (Å²) in [6, 6.07) is 9.67. The molecule has 0 spiro atoms. The van der Waals surface area contributed by atoms with Crippen LogP contribution in [-0.2, 0) is 0 Å². The quantitative estimate of drug-likeness (QED) is 0.766. The highest BCUT2D eigenvalue weighted by Crippen LogP contribution is 2.27. The van der Waals surface area contributed by atoms with E-state index in [9.17, 15) is 5.11 Å². The van der Waals surface area contributed by atoms with Gasteiger partial charge in [-0.05, 0) is 12.1 Å². The molecule has 1 fully saturated rings. The van der Waals surface area contributed by atoms with Gasteiger partial charge in [-0.2, -0.15) is 0 Å². The second-order valence-electron chi connectivity index (χ2n) is 4.73. The van der Waals surface area contributed by atoms with Crippen molar-refractivity contribution in [3.05, 3.63) is 48.5 Å². The van der Waals surface area contributed by atoms with E-state index in [1.165, 1.54) is 0 Å². The largest absolute Gasteiger partial charge is 0.488 e. The first kappa shape index (κ1) is 12.2. The Morgan fingerprint density at radius 3 is 2.79 bits per heavy atom. The molecular weight excluding hydrogens is 242 g/mol. The fraction of sp³-hybridized carbons (Fsp3) is 0.357. The topological polar surface area (TPSA) is 70.2 Å². The van der Waals surface area contributed by atoms with Crippen molar-refractivity contribution < 1.29 is 9.84 Å². The van der Waals surface area contributed by atoms with Crippen molar-refractivity contribution in [2.45, 2.75) is 18.1 Å². The third kappa shape index (κ3) is 2.62. The summed E-state index contributed by atoms with van der Waals surface area (Å²) in [5.74, 6) is 0.719. The Morgan fingerprint density at radius 2 is 2.05 bits per heavy atom. The fourth-order valence-corrected chi connectivity index (χ4v) is 2.52. The summed E-state index contributed by atoms with van der Waals surface area (Å²) in [6.45, 7) is 1.27. The maximum Gasteiger partial charge on any atom is 0.122 e. The summed E-state index contributed by atoms with van der Waals surface area (Å²) in [7, 11) is 0. The molecule has 2 aromatic rings. The zero-order chi connectivity index (χ0) is 13.1. The second kappa shape index (κ2) is 5.42. The van der Waals surface area contributed by atoms with Crippen LogP contribution in [0.15, 0.2) is 42.9 Å². The van der Waals surface area contributed by atoms with E-state index in [1.807, 2.05) is 30.3 Å². The number of aliphatic hydroxyl groups is 1. The molecule has 3 N–H and O–H groups in total. The first-order valence-electron chi connectivity index (χ1n) is 6.43. The summed E-state index contributed by atoms with van der Waals surface area (Å²) in [4.78, 5) is 7.10. The molecule has 0 bridgehead atoms. The molecule has 5 nitrogen and oxygen atoms in total. The van der Waals surface area contributed by atoms with Gasteiger partial charge >= 0.3 is 0 Å². The van der Waals surface area contributed by atoms with Crippen molar-refractivity contribution in [2.24, 2.45) is 0 Å². The van der Waals surface area contributed by atoms with E-state index in [0.29, 0.717) is 13.1 Å². The van der Waals surface area contributed by atoms with Gasteiger partial charge in [0.2, 0.25) is 0 Å². The lowest BCUT2D eigenvalue weighted by molar-refractivity contribution is 0.0378. The van der Waals surface area contributed by atoms with Crippen molar-refractivity contribution in [1.82, 2.24) is 15.3 Å². The number of H-pyrrole nitrogens is 1. The Bertz CT molecular complexity index is 501. The molecular formula is C14H17N3O2. The van der Waals surface area contributed by atoms with Crippen molar-refractivity contribution in [3.63, 3.8) is 0 Å². The predicted octanol–water partition coefficient (Wildman–Crippen LogP) is 0.905. The van der Waals surface area contributed by atoms with Crippen LogP contribution >= 0.6 is 0 Å². The van der Waals surface area contributed by atoms with Gasteiger partial charge < -0.3 is 20.1 Å². The number of aromatic amines is 1. The number of benzene rings is 1. The molecule has 1 aliphatic rings. The van der Waals surface area contributed by atoms with Crippen molar-refractivity contribution in [2.75, 3.05) is 13.1 Å². The van der Waals surface area contributed by atoms with E-state index in [0.717, 1.165) is 11.4 Å². The summed E-state index contributed by atoms with van der Waals surface area (Å²) < 4.78 is 5.99. The Hall–Kier alpha value is -1.85. The number of piperidine rings is 1. The molecule has 2 heterocycles. The number of β-amino-alcohol motifs (C(OH)–C–C–N with tert-alkyl or cyclic N) is 1. The molecule has 0 aliphatic carbocycles. The smallest absolute Gasteiger partial charge is 0.122 e. The zero-order valence-electron chi connectivity index (χ0n) is 10.5. The number of aliphatic hydroxyl groups excluding tert-OH is 1. The lowest BCUT2D eigenvalue weighted by Crippen LogP contribution is -2.51. The normalized spacial score (nSPS) is 27.1. The van der Waals surface area contributed by atoms with Crippen molar-refractivity contribution in [1.29, 1.82) is 0 Å². The Balaban J connectivity index is 1.81. The minimum Gasteiger partial charge on any atom is -0.488 e. The maximum absolute atomic E-state index is 10.2. The molecule has 0 saturated carbocycles. The van der Waals surface area contributed by atoms with Crippen LogP contribution in [0.4, 0.5) is 0 Å². The van der Waals surface area contributed by atoms with E-state index in [1.54, 1.807) is 12.5 Å². The van der Waals surface area contributed by atoms with Crippen molar-refractivity contribution in [3.8, 4) is 5.75 Å². The van der Waals surface area contributed by atoms with Gasteiger partial charge in [0, 0.05) is 25.0 Å². The molecule has 1 aliphatic heterocycles. The molecule has 5 heteroatoms. The van der Waals surface area contributed by atoms with Gasteiger partial charge in [-0.1, -0.05) is 18.2 Å². The van der Waals surface area contributed by atoms with Crippen LogP contribution in [0.25, 0.3) is 0 Å². The lowest BCUT2D eigenvalue weighted by atomic mass is 9.89. The first-order valence-corrected chi connectivity index (χ1v) is 6.43. The highest BCUT2D eigenvalue weighted by atomic mass is 16.5. The molecule has 1 aromatic carbocycles. The van der Waals surface area contributed by atoms with Gasteiger partial charge in [-0.3, -0.25) is 0 Å². The summed E-state index contributed by atoms with van der Waals surface area (Å²) in [5.41, 5.74) is 0.912. The van der Waals surface area contributed by atoms with Gasteiger partial charge in [0.1, 0.15) is 11.9 Å². The molecule has 19 heavy (non-hydrogen) atoms. The average Bonchev–Trinajstić information content (AvgIpc) is 2.94. The van der Waals surface area contributed by atoms with Gasteiger partial charge in [0.25, 0.3) is 0 Å². The monoisotopic (exact) mass is 259 g/mol. The number of ether oxygens (including phenoxy) is 1. The maximum atomic E-state index is 10.2. The van der Waals surface area contributed by atoms with Gasteiger partial charge in [0.05, 0.1) is 18.3 Å². The van der Waals surface area contributed by atoms with Gasteiger partial charge in [-0.15, -0.1) is 0 Å². The van der Waals surface area contributed by atoms with E-state index in [-0.39, 0.29) is 12.0 Å². The first-order chi connectivity index (χ1) is 9.34. The number of aromatic nitrogens is 2. The number of para-hydroxylation sites is 1. The van der Waals surface area contributed by atoms with Crippen LogP contribution in [0.3, 0.4) is 0 Å². The minimum atomic E-state index is -0.483. The summed E-state index contributed by atoms with van der Waals surface area (Å²) >= 11 is 0. The number of hydrogen-bond donors (Lipinski definition) is 3. The van der Waals surface area contributed by atoms with Crippen LogP contribution in [0.2, 0.25) is 0 Å². The zero-order valence-corrected chi connectivity index (χ0v) is 10.5. The number of nitrogens with zero attached hydrogens (tertiary/aromatic N) is 1. The van der Waals surface area contributed by atoms with Gasteiger partial charge in [0.15, 0.2) is 0 Å². The van der Waals surface area contributed by atoms with Crippen LogP contribution < -0.4 is 10.1 Å². The molecule has 100 valence electrons. The Morgan fingerprint density at radius 1 is 1.21 bits per heavy atom. The van der Waals surface area contributed by atoms with E-state index < -0.39 is 6.10 Å². The number of nitrogens with one attached hydrogen (secondary N) is 2. The van der Waals surface area contributed by atoms with E-state index >= 15 is 0 Å². The number of hydrogen-bond acceptors (Lipinski definition) is 4. The molecule has 3 rings (SSSR count). The standard InChI is InChI=1S/C14H17N3O2/c18-12-7-15-8-13(14(12)11-6-16-9-17-11)19-10-4-2-1-3-5-10/h1-6,9,12-15,18H,7-8H2,(H,16,17).